The molecule has 0 aliphatic rings. The molecule has 0 atom stereocenters. The highest BCUT2D eigenvalue weighted by Gasteiger charge is 2.20. The molecule has 0 bridgehead atoms. The van der Waals surface area contributed by atoms with Crippen LogP contribution < -0.4 is 0 Å². The topological polar surface area (TPSA) is 64.7 Å². The second-order valence-corrected chi connectivity index (χ2v) is 15.9. The first kappa shape index (κ1) is 37.7. The Morgan fingerprint density at radius 3 is 1.49 bits per heavy atom. The molecule has 0 N–H and O–H groups in total. The largest absolute Gasteiger partial charge is 0.456 e. The summed E-state index contributed by atoms with van der Waals surface area (Å²) in [7, 11) is 0. The molecule has 11 rings (SSSR count). The number of furan rings is 1. The smallest absolute Gasteiger partial charge is 0.164 e. The third-order valence-electron chi connectivity index (χ3n) is 11.8. The van der Waals surface area contributed by atoms with Crippen LogP contribution in [0.5, 0.6) is 0 Å². The molecule has 3 aromatic heterocycles. The van der Waals surface area contributed by atoms with Crippen LogP contribution in [0.3, 0.4) is 0 Å². The number of aryl methyl sites for hydroxylation is 2. The van der Waals surface area contributed by atoms with E-state index < -0.39 is 0 Å². The number of para-hydroxylation sites is 1. The van der Waals surface area contributed by atoms with Crippen LogP contribution in [-0.2, 0) is 0 Å². The first-order chi connectivity index (χ1) is 31.0. The molecule has 0 amide bonds. The number of hydrogen-bond acceptors (Lipinski definition) is 5. The summed E-state index contributed by atoms with van der Waals surface area (Å²) >= 11 is 0. The molecular formula is C58H40N4O. The molecule has 0 fully saturated rings. The van der Waals surface area contributed by atoms with Crippen molar-refractivity contribution in [3.8, 4) is 89.8 Å². The maximum atomic E-state index is 6.34. The van der Waals surface area contributed by atoms with Crippen LogP contribution >= 0.6 is 0 Å². The van der Waals surface area contributed by atoms with Crippen molar-refractivity contribution < 1.29 is 4.42 Å². The molecule has 0 saturated heterocycles. The molecule has 0 aliphatic carbocycles. The molecule has 0 spiro atoms. The monoisotopic (exact) mass is 808 g/mol. The van der Waals surface area contributed by atoms with Crippen molar-refractivity contribution in [2.75, 3.05) is 0 Å². The van der Waals surface area contributed by atoms with Crippen molar-refractivity contribution in [2.45, 2.75) is 13.8 Å². The Labute approximate surface area is 366 Å². The SMILES string of the molecule is Cc1ccc(-c2ccccc2-c2nc(-c3ccc(-c4c(-c5ccccc5)cc(-c5ccccc5)cc4-c4ccccc4)cc3)nc(-c3ccc4c(c3)oc3ccccc34)n2)c(C)n1. The van der Waals surface area contributed by atoms with Crippen LogP contribution in [0.2, 0.25) is 0 Å². The third kappa shape index (κ3) is 7.15. The maximum absolute atomic E-state index is 6.34. The van der Waals surface area contributed by atoms with Crippen LogP contribution in [0.15, 0.2) is 211 Å². The van der Waals surface area contributed by atoms with Crippen molar-refractivity contribution in [3.63, 3.8) is 0 Å². The van der Waals surface area contributed by atoms with Gasteiger partial charge in [0.25, 0.3) is 0 Å². The predicted molar refractivity (Wildman–Crippen MR) is 258 cm³/mol. The van der Waals surface area contributed by atoms with E-state index in [1.165, 1.54) is 5.56 Å². The average Bonchev–Trinajstić information content (AvgIpc) is 3.72. The van der Waals surface area contributed by atoms with Gasteiger partial charge in [-0.25, -0.2) is 15.0 Å². The first-order valence-electron chi connectivity index (χ1n) is 21.2. The van der Waals surface area contributed by atoms with Gasteiger partial charge in [0.2, 0.25) is 0 Å². The minimum atomic E-state index is 0.559. The van der Waals surface area contributed by atoms with Crippen LogP contribution in [0.1, 0.15) is 11.4 Å². The fourth-order valence-electron chi connectivity index (χ4n) is 8.73. The molecule has 0 unspecified atom stereocenters. The number of benzene rings is 8. The molecule has 8 aromatic carbocycles. The Hall–Kier alpha value is -8.28. The quantitative estimate of drug-likeness (QED) is 0.153. The summed E-state index contributed by atoms with van der Waals surface area (Å²) in [6.45, 7) is 4.07. The summed E-state index contributed by atoms with van der Waals surface area (Å²) in [5, 5.41) is 2.13. The van der Waals surface area contributed by atoms with E-state index in [0.29, 0.717) is 17.5 Å². The third-order valence-corrected chi connectivity index (χ3v) is 11.8. The fourth-order valence-corrected chi connectivity index (χ4v) is 8.73. The van der Waals surface area contributed by atoms with Crippen molar-refractivity contribution in [1.82, 2.24) is 19.9 Å². The first-order valence-corrected chi connectivity index (χ1v) is 21.2. The second kappa shape index (κ2) is 16.0. The lowest BCUT2D eigenvalue weighted by atomic mass is 9.84. The van der Waals surface area contributed by atoms with E-state index in [2.05, 4.69) is 183 Å². The molecule has 11 aromatic rings. The van der Waals surface area contributed by atoms with Gasteiger partial charge in [-0.05, 0) is 100 Å². The van der Waals surface area contributed by atoms with Crippen molar-refractivity contribution >= 4 is 21.9 Å². The second-order valence-electron chi connectivity index (χ2n) is 15.9. The summed E-state index contributed by atoms with van der Waals surface area (Å²) < 4.78 is 6.34. The van der Waals surface area contributed by atoms with Gasteiger partial charge in [-0.3, -0.25) is 4.98 Å². The molecule has 0 saturated carbocycles. The molecule has 63 heavy (non-hydrogen) atoms. The van der Waals surface area contributed by atoms with Gasteiger partial charge in [-0.1, -0.05) is 170 Å². The van der Waals surface area contributed by atoms with E-state index in [1.807, 2.05) is 37.3 Å². The Kier molecular flexibility index (Phi) is 9.55. The summed E-state index contributed by atoms with van der Waals surface area (Å²) in [6, 6.07) is 72.1. The zero-order valence-electron chi connectivity index (χ0n) is 34.8. The molecule has 5 nitrogen and oxygen atoms in total. The number of pyridine rings is 1. The summed E-state index contributed by atoms with van der Waals surface area (Å²) in [6.07, 6.45) is 0. The Balaban J connectivity index is 1.09. The molecule has 3 heterocycles. The van der Waals surface area contributed by atoms with Crippen molar-refractivity contribution in [3.05, 3.63) is 218 Å². The van der Waals surface area contributed by atoms with Crippen molar-refractivity contribution in [1.29, 1.82) is 0 Å². The van der Waals surface area contributed by atoms with E-state index in [0.717, 1.165) is 100 Å². The zero-order chi connectivity index (χ0) is 42.3. The highest BCUT2D eigenvalue weighted by molar-refractivity contribution is 6.06. The highest BCUT2D eigenvalue weighted by atomic mass is 16.3. The number of aromatic nitrogens is 4. The number of hydrogen-bond donors (Lipinski definition) is 0. The van der Waals surface area contributed by atoms with E-state index in [4.69, 9.17) is 24.4 Å². The normalized spacial score (nSPS) is 11.3. The van der Waals surface area contributed by atoms with E-state index in [-0.39, 0.29) is 0 Å². The van der Waals surface area contributed by atoms with Crippen LogP contribution in [-0.4, -0.2) is 19.9 Å². The van der Waals surface area contributed by atoms with Gasteiger partial charge in [0.15, 0.2) is 17.5 Å². The molecule has 0 radical (unpaired) electrons. The Morgan fingerprint density at radius 2 is 0.825 bits per heavy atom. The maximum Gasteiger partial charge on any atom is 0.164 e. The molecule has 0 aliphatic heterocycles. The standard InChI is InChI=1S/C58H40N4O/c1-37-26-32-46(38(2)59-37)47-22-12-13-24-50(47)58-61-56(60-57(62-58)44-31-33-49-48-23-14-15-25-53(48)63-54(49)36-44)43-29-27-42(28-30-43)55-51(40-18-8-4-9-19-40)34-45(39-16-6-3-7-17-39)35-52(55)41-20-10-5-11-21-41/h3-36H,1-2H3. The number of rotatable bonds is 8. The van der Waals surface area contributed by atoms with Gasteiger partial charge in [0.1, 0.15) is 11.2 Å². The van der Waals surface area contributed by atoms with Gasteiger partial charge in [-0.2, -0.15) is 0 Å². The van der Waals surface area contributed by atoms with E-state index >= 15 is 0 Å². The predicted octanol–water partition coefficient (Wildman–Crippen LogP) is 15.1. The van der Waals surface area contributed by atoms with Crippen LogP contribution in [0.4, 0.5) is 0 Å². The van der Waals surface area contributed by atoms with E-state index in [1.54, 1.807) is 0 Å². The molecular weight excluding hydrogens is 769 g/mol. The molecule has 298 valence electrons. The van der Waals surface area contributed by atoms with Gasteiger partial charge < -0.3 is 4.42 Å². The molecule has 5 heteroatoms. The van der Waals surface area contributed by atoms with Gasteiger partial charge in [0, 0.05) is 44.4 Å². The van der Waals surface area contributed by atoms with Crippen LogP contribution in [0, 0.1) is 13.8 Å². The lowest BCUT2D eigenvalue weighted by Crippen LogP contribution is -2.02. The highest BCUT2D eigenvalue weighted by Crippen LogP contribution is 2.44. The van der Waals surface area contributed by atoms with Gasteiger partial charge in [-0.15, -0.1) is 0 Å². The van der Waals surface area contributed by atoms with E-state index in [9.17, 15) is 0 Å². The summed E-state index contributed by atoms with van der Waals surface area (Å²) in [5.74, 6) is 1.71. The Bertz CT molecular complexity index is 3390. The fraction of sp³-hybridized carbons (Fsp3) is 0.0345. The number of nitrogens with zero attached hydrogens (tertiary/aromatic N) is 4. The average molecular weight is 809 g/mol. The lowest BCUT2D eigenvalue weighted by Gasteiger charge is -2.19. The Morgan fingerprint density at radius 1 is 0.302 bits per heavy atom. The minimum Gasteiger partial charge on any atom is -0.456 e. The van der Waals surface area contributed by atoms with Gasteiger partial charge >= 0.3 is 0 Å². The summed E-state index contributed by atoms with van der Waals surface area (Å²) in [5.41, 5.74) is 17.4. The van der Waals surface area contributed by atoms with Gasteiger partial charge in [0.05, 0.1) is 0 Å². The zero-order valence-corrected chi connectivity index (χ0v) is 34.8. The lowest BCUT2D eigenvalue weighted by molar-refractivity contribution is 0.669. The number of fused-ring (bicyclic) bond motifs is 3. The van der Waals surface area contributed by atoms with Crippen LogP contribution in [0.25, 0.3) is 112 Å². The summed E-state index contributed by atoms with van der Waals surface area (Å²) in [4.78, 5) is 20.4. The minimum absolute atomic E-state index is 0.559. The van der Waals surface area contributed by atoms with Crippen molar-refractivity contribution in [2.24, 2.45) is 0 Å².